The van der Waals surface area contributed by atoms with Gasteiger partial charge in [0.05, 0.1) is 5.69 Å². The highest BCUT2D eigenvalue weighted by atomic mass is 16.1. The van der Waals surface area contributed by atoms with Crippen LogP contribution in [-0.4, -0.2) is 15.6 Å². The number of ketones is 1. The quantitative estimate of drug-likeness (QED) is 0.841. The van der Waals surface area contributed by atoms with Gasteiger partial charge in [0, 0.05) is 24.6 Å². The van der Waals surface area contributed by atoms with Gasteiger partial charge in [-0.2, -0.15) is 5.10 Å². The van der Waals surface area contributed by atoms with Crippen LogP contribution in [-0.2, 0) is 17.8 Å². The van der Waals surface area contributed by atoms with E-state index in [0.717, 1.165) is 42.6 Å². The summed E-state index contributed by atoms with van der Waals surface area (Å²) in [6.07, 6.45) is 9.71. The molecule has 2 fully saturated rings. The Kier molecular flexibility index (Phi) is 4.46. The maximum absolute atomic E-state index is 12.7. The fourth-order valence-electron chi connectivity index (χ4n) is 4.50. The van der Waals surface area contributed by atoms with E-state index in [1.165, 1.54) is 32.1 Å². The maximum atomic E-state index is 12.7. The van der Waals surface area contributed by atoms with Crippen LogP contribution in [0.3, 0.4) is 0 Å². The molecular weight excluding hydrogens is 260 g/mol. The summed E-state index contributed by atoms with van der Waals surface area (Å²) in [5.74, 6) is 2.52. The largest absolute Gasteiger partial charge is 0.299 e. The topological polar surface area (TPSA) is 34.9 Å². The number of carbonyl (C=O) groups excluding carboxylic acids is 1. The van der Waals surface area contributed by atoms with Gasteiger partial charge >= 0.3 is 0 Å². The molecule has 0 amide bonds. The molecule has 3 heteroatoms. The molecule has 3 nitrogen and oxygen atoms in total. The van der Waals surface area contributed by atoms with Crippen LogP contribution in [0, 0.1) is 24.7 Å². The van der Waals surface area contributed by atoms with Crippen molar-refractivity contribution in [3.05, 3.63) is 17.5 Å². The summed E-state index contributed by atoms with van der Waals surface area (Å²) in [6, 6.07) is 2.08. The molecule has 0 aromatic carbocycles. The molecule has 1 aromatic heterocycles. The van der Waals surface area contributed by atoms with E-state index < -0.39 is 0 Å². The summed E-state index contributed by atoms with van der Waals surface area (Å²) >= 11 is 0. The number of rotatable bonds is 4. The maximum Gasteiger partial charge on any atom is 0.141 e. The molecule has 0 N–H and O–H groups in total. The highest BCUT2D eigenvalue weighted by Gasteiger charge is 2.34. The molecule has 21 heavy (non-hydrogen) atoms. The van der Waals surface area contributed by atoms with Crippen molar-refractivity contribution in [2.24, 2.45) is 17.8 Å². The SMILES string of the molecule is CCn1nc(C)cc1CC(=O)C1CCC2CCCCC2C1. The molecule has 0 aliphatic heterocycles. The van der Waals surface area contributed by atoms with Gasteiger partial charge in [0.1, 0.15) is 5.78 Å². The first-order chi connectivity index (χ1) is 10.2. The first kappa shape index (κ1) is 14.8. The summed E-state index contributed by atoms with van der Waals surface area (Å²) in [5, 5.41) is 4.46. The Morgan fingerprint density at radius 3 is 2.76 bits per heavy atom. The molecule has 0 radical (unpaired) electrons. The van der Waals surface area contributed by atoms with Crippen molar-refractivity contribution < 1.29 is 4.79 Å². The zero-order valence-corrected chi connectivity index (χ0v) is 13.5. The summed E-state index contributed by atoms with van der Waals surface area (Å²) in [6.45, 7) is 4.95. The Labute approximate surface area is 128 Å². The predicted octanol–water partition coefficient (Wildman–Crippen LogP) is 3.93. The molecule has 0 spiro atoms. The van der Waals surface area contributed by atoms with E-state index in [1.807, 2.05) is 11.6 Å². The standard InChI is InChI=1S/C18H28N2O/c1-3-20-17(10-13(2)19-20)12-18(21)16-9-8-14-6-4-5-7-15(14)11-16/h10,14-16H,3-9,11-12H2,1-2H3. The van der Waals surface area contributed by atoms with Crippen molar-refractivity contribution in [2.45, 2.75) is 71.8 Å². The van der Waals surface area contributed by atoms with Crippen molar-refractivity contribution in [2.75, 3.05) is 0 Å². The number of aryl methyl sites for hydroxylation is 2. The Morgan fingerprint density at radius 2 is 2.00 bits per heavy atom. The molecular formula is C18H28N2O. The van der Waals surface area contributed by atoms with E-state index in [9.17, 15) is 4.79 Å². The third kappa shape index (κ3) is 3.22. The van der Waals surface area contributed by atoms with Crippen LogP contribution in [0.25, 0.3) is 0 Å². The number of nitrogens with zero attached hydrogens (tertiary/aromatic N) is 2. The number of Topliss-reactive ketones (excluding diaryl/α,β-unsaturated/α-hetero) is 1. The van der Waals surface area contributed by atoms with Crippen LogP contribution in [0.2, 0.25) is 0 Å². The summed E-state index contributed by atoms with van der Waals surface area (Å²) in [5.41, 5.74) is 2.13. The van der Waals surface area contributed by atoms with Crippen molar-refractivity contribution in [1.82, 2.24) is 9.78 Å². The van der Waals surface area contributed by atoms with Gasteiger partial charge in [0.2, 0.25) is 0 Å². The van der Waals surface area contributed by atoms with E-state index in [1.54, 1.807) is 0 Å². The smallest absolute Gasteiger partial charge is 0.141 e. The molecule has 0 bridgehead atoms. The van der Waals surface area contributed by atoms with E-state index in [4.69, 9.17) is 0 Å². The van der Waals surface area contributed by atoms with Crippen LogP contribution in [0.5, 0.6) is 0 Å². The van der Waals surface area contributed by atoms with Gasteiger partial charge in [0.25, 0.3) is 0 Å². The minimum Gasteiger partial charge on any atom is -0.299 e. The van der Waals surface area contributed by atoms with Gasteiger partial charge in [-0.05, 0) is 51.0 Å². The zero-order chi connectivity index (χ0) is 14.8. The van der Waals surface area contributed by atoms with Gasteiger partial charge in [-0.15, -0.1) is 0 Å². The number of hydrogen-bond donors (Lipinski definition) is 0. The fraction of sp³-hybridized carbons (Fsp3) is 0.778. The van der Waals surface area contributed by atoms with Gasteiger partial charge in [-0.1, -0.05) is 25.7 Å². The van der Waals surface area contributed by atoms with E-state index in [-0.39, 0.29) is 0 Å². The molecule has 2 aliphatic rings. The summed E-state index contributed by atoms with van der Waals surface area (Å²) < 4.78 is 1.99. The second-order valence-corrected chi connectivity index (χ2v) is 7.05. The van der Waals surface area contributed by atoms with E-state index in [0.29, 0.717) is 18.1 Å². The number of carbonyl (C=O) groups is 1. The molecule has 2 aliphatic carbocycles. The lowest BCUT2D eigenvalue weighted by Gasteiger charge is -2.38. The average molecular weight is 288 g/mol. The molecule has 2 saturated carbocycles. The Bertz CT molecular complexity index is 505. The third-order valence-electron chi connectivity index (χ3n) is 5.64. The number of aromatic nitrogens is 2. The normalized spacial score (nSPS) is 29.1. The second kappa shape index (κ2) is 6.33. The van der Waals surface area contributed by atoms with Crippen molar-refractivity contribution in [3.63, 3.8) is 0 Å². The minimum atomic E-state index is 0.310. The van der Waals surface area contributed by atoms with Gasteiger partial charge in [0.15, 0.2) is 0 Å². The van der Waals surface area contributed by atoms with Gasteiger partial charge < -0.3 is 0 Å². The van der Waals surface area contributed by atoms with Crippen LogP contribution in [0.4, 0.5) is 0 Å². The lowest BCUT2D eigenvalue weighted by atomic mass is 9.66. The Hall–Kier alpha value is -1.12. The molecule has 0 saturated heterocycles. The van der Waals surface area contributed by atoms with Gasteiger partial charge in [-0.3, -0.25) is 9.48 Å². The van der Waals surface area contributed by atoms with Crippen LogP contribution in [0.1, 0.15) is 63.3 Å². The van der Waals surface area contributed by atoms with E-state index >= 15 is 0 Å². The average Bonchev–Trinajstić information content (AvgIpc) is 2.86. The number of hydrogen-bond acceptors (Lipinski definition) is 2. The van der Waals surface area contributed by atoms with Gasteiger partial charge in [-0.25, -0.2) is 0 Å². The fourth-order valence-corrected chi connectivity index (χ4v) is 4.50. The summed E-state index contributed by atoms with van der Waals surface area (Å²) in [4.78, 5) is 12.7. The van der Waals surface area contributed by atoms with Crippen LogP contribution < -0.4 is 0 Å². The summed E-state index contributed by atoms with van der Waals surface area (Å²) in [7, 11) is 0. The monoisotopic (exact) mass is 288 g/mol. The number of fused-ring (bicyclic) bond motifs is 1. The molecule has 1 heterocycles. The second-order valence-electron chi connectivity index (χ2n) is 7.05. The molecule has 3 unspecified atom stereocenters. The van der Waals surface area contributed by atoms with Crippen molar-refractivity contribution in [1.29, 1.82) is 0 Å². The molecule has 3 atom stereocenters. The highest BCUT2D eigenvalue weighted by Crippen LogP contribution is 2.43. The van der Waals surface area contributed by atoms with Crippen molar-refractivity contribution in [3.8, 4) is 0 Å². The Balaban J connectivity index is 1.62. The molecule has 3 rings (SSSR count). The van der Waals surface area contributed by atoms with Crippen LogP contribution in [0.15, 0.2) is 6.07 Å². The molecule has 116 valence electrons. The molecule has 1 aromatic rings. The zero-order valence-electron chi connectivity index (χ0n) is 13.5. The lowest BCUT2D eigenvalue weighted by Crippen LogP contribution is -2.32. The third-order valence-corrected chi connectivity index (χ3v) is 5.64. The Morgan fingerprint density at radius 1 is 1.24 bits per heavy atom. The predicted molar refractivity (Wildman–Crippen MR) is 84.1 cm³/mol. The first-order valence-corrected chi connectivity index (χ1v) is 8.73. The first-order valence-electron chi connectivity index (χ1n) is 8.73. The lowest BCUT2D eigenvalue weighted by molar-refractivity contribution is -0.124. The van der Waals surface area contributed by atoms with E-state index in [2.05, 4.69) is 18.1 Å². The van der Waals surface area contributed by atoms with Crippen molar-refractivity contribution >= 4 is 5.78 Å². The highest BCUT2D eigenvalue weighted by molar-refractivity contribution is 5.83. The van der Waals surface area contributed by atoms with Crippen LogP contribution >= 0.6 is 0 Å². The minimum absolute atomic E-state index is 0.310.